The van der Waals surface area contributed by atoms with Crippen molar-refractivity contribution < 1.29 is 38.4 Å². The van der Waals surface area contributed by atoms with Crippen LogP contribution in [0.5, 0.6) is 23.0 Å². The topological polar surface area (TPSA) is 151 Å². The second-order valence-electron chi connectivity index (χ2n) is 15.9. The molecule has 1 unspecified atom stereocenters. The highest BCUT2D eigenvalue weighted by molar-refractivity contribution is 7.82. The summed E-state index contributed by atoms with van der Waals surface area (Å²) in [6.45, 7) is 4.11. The van der Waals surface area contributed by atoms with Gasteiger partial charge in [0.05, 0.1) is 53.6 Å². The SMILES string of the molecule is COc1cc2c(cc1OCc1cc(COc3cc4c(cc3OC)C(=O)N3c5ccccc5C[C@H]3C(O)N4)cc(NC(=O)C(C)(C)S)c1)NC[C@@H]1Cc3ccccc3N1C2=O. The Balaban J connectivity index is 0.976. The number of fused-ring (bicyclic) bond motifs is 8. The smallest absolute Gasteiger partial charge is 0.260 e. The van der Waals surface area contributed by atoms with Gasteiger partial charge in [-0.2, -0.15) is 12.6 Å². The molecule has 0 spiro atoms. The summed E-state index contributed by atoms with van der Waals surface area (Å²) < 4.78 is 23.3. The molecule has 0 saturated carbocycles. The fourth-order valence-electron chi connectivity index (χ4n) is 8.46. The van der Waals surface area contributed by atoms with E-state index in [0.717, 1.165) is 28.9 Å². The van der Waals surface area contributed by atoms with E-state index in [-0.39, 0.29) is 37.0 Å². The van der Waals surface area contributed by atoms with Crippen LogP contribution in [0.4, 0.5) is 28.4 Å². The normalized spacial score (nSPS) is 18.6. The number of hydrogen-bond acceptors (Lipinski definition) is 11. The van der Waals surface area contributed by atoms with Crippen LogP contribution in [0.25, 0.3) is 0 Å². The Bertz CT molecular complexity index is 2560. The van der Waals surface area contributed by atoms with E-state index in [1.807, 2.05) is 59.5 Å². The van der Waals surface area contributed by atoms with Gasteiger partial charge in [0.1, 0.15) is 19.4 Å². The molecule has 4 aliphatic heterocycles. The van der Waals surface area contributed by atoms with E-state index in [9.17, 15) is 19.5 Å². The number of carbonyl (C=O) groups excluding carboxylic acids is 3. The van der Waals surface area contributed by atoms with E-state index < -0.39 is 17.0 Å². The predicted molar refractivity (Wildman–Crippen MR) is 232 cm³/mol. The maximum absolute atomic E-state index is 14.0. The molecular formula is C46H45N5O8S. The summed E-state index contributed by atoms with van der Waals surface area (Å²) in [6, 6.07) is 27.4. The van der Waals surface area contributed by atoms with Gasteiger partial charge in [-0.05, 0) is 91.4 Å². The van der Waals surface area contributed by atoms with E-state index in [1.165, 1.54) is 14.2 Å². The highest BCUT2D eigenvalue weighted by atomic mass is 32.1. The molecule has 0 radical (unpaired) electrons. The molecule has 5 aromatic rings. The van der Waals surface area contributed by atoms with Gasteiger partial charge in [-0.3, -0.25) is 14.4 Å². The molecule has 60 heavy (non-hydrogen) atoms. The van der Waals surface area contributed by atoms with Gasteiger partial charge < -0.3 is 49.8 Å². The fraction of sp³-hybridized carbons (Fsp3) is 0.283. The first-order valence-electron chi connectivity index (χ1n) is 19.8. The van der Waals surface area contributed by atoms with Crippen LogP contribution in [0.2, 0.25) is 0 Å². The lowest BCUT2D eigenvalue weighted by Crippen LogP contribution is -2.45. The van der Waals surface area contributed by atoms with Gasteiger partial charge in [-0.15, -0.1) is 0 Å². The summed E-state index contributed by atoms with van der Waals surface area (Å²) in [5, 5.41) is 20.8. The van der Waals surface area contributed by atoms with Gasteiger partial charge in [0.2, 0.25) is 5.91 Å². The molecule has 4 aliphatic rings. The molecule has 0 saturated heterocycles. The molecule has 14 heteroatoms. The molecule has 308 valence electrons. The second kappa shape index (κ2) is 15.3. The van der Waals surface area contributed by atoms with Gasteiger partial charge in [0.15, 0.2) is 23.0 Å². The van der Waals surface area contributed by atoms with E-state index in [4.69, 9.17) is 18.9 Å². The summed E-state index contributed by atoms with van der Waals surface area (Å²) in [5.74, 6) is 0.852. The van der Waals surface area contributed by atoms with Crippen molar-refractivity contribution in [2.24, 2.45) is 0 Å². The minimum atomic E-state index is -1.04. The maximum Gasteiger partial charge on any atom is 0.260 e. The molecule has 3 amide bonds. The zero-order chi connectivity index (χ0) is 41.9. The molecule has 13 nitrogen and oxygen atoms in total. The van der Waals surface area contributed by atoms with Gasteiger partial charge >= 0.3 is 0 Å². The number of methoxy groups -OCH3 is 2. The first-order chi connectivity index (χ1) is 28.9. The summed E-state index contributed by atoms with van der Waals surface area (Å²) in [7, 11) is 3.04. The van der Waals surface area contributed by atoms with Crippen molar-refractivity contribution in [1.29, 1.82) is 0 Å². The number of nitrogens with one attached hydrogen (secondary N) is 3. The van der Waals surface area contributed by atoms with E-state index >= 15 is 0 Å². The van der Waals surface area contributed by atoms with E-state index in [2.05, 4.69) is 34.6 Å². The molecule has 4 N–H and O–H groups in total. The number of hydrogen-bond donors (Lipinski definition) is 5. The van der Waals surface area contributed by atoms with Crippen LogP contribution in [0, 0.1) is 0 Å². The third kappa shape index (κ3) is 7.09. The molecule has 0 bridgehead atoms. The number of amides is 3. The number of thiol groups is 1. The monoisotopic (exact) mass is 827 g/mol. The Morgan fingerprint density at radius 3 is 1.93 bits per heavy atom. The van der Waals surface area contributed by atoms with Crippen LogP contribution in [-0.2, 0) is 30.8 Å². The van der Waals surface area contributed by atoms with Crippen molar-refractivity contribution in [3.8, 4) is 23.0 Å². The van der Waals surface area contributed by atoms with Crippen molar-refractivity contribution in [2.45, 2.75) is 63.0 Å². The van der Waals surface area contributed by atoms with Crippen LogP contribution >= 0.6 is 12.6 Å². The largest absolute Gasteiger partial charge is 0.493 e. The predicted octanol–water partition coefficient (Wildman–Crippen LogP) is 6.82. The molecule has 3 atom stereocenters. The van der Waals surface area contributed by atoms with Crippen molar-refractivity contribution in [1.82, 2.24) is 0 Å². The number of aliphatic hydroxyl groups excluding tert-OH is 1. The zero-order valence-corrected chi connectivity index (χ0v) is 34.5. The van der Waals surface area contributed by atoms with E-state index in [1.54, 1.807) is 49.1 Å². The average molecular weight is 828 g/mol. The van der Waals surface area contributed by atoms with Crippen LogP contribution in [0.15, 0.2) is 91.0 Å². The average Bonchev–Trinajstić information content (AvgIpc) is 3.76. The summed E-state index contributed by atoms with van der Waals surface area (Å²) in [5.41, 5.74) is 7.65. The first-order valence-corrected chi connectivity index (χ1v) is 20.2. The lowest BCUT2D eigenvalue weighted by atomic mass is 10.1. The third-order valence-electron chi connectivity index (χ3n) is 11.4. The lowest BCUT2D eigenvalue weighted by molar-refractivity contribution is -0.117. The van der Waals surface area contributed by atoms with Crippen LogP contribution in [0.1, 0.15) is 56.8 Å². The Labute approximate surface area is 353 Å². The third-order valence-corrected chi connectivity index (χ3v) is 11.6. The van der Waals surface area contributed by atoms with Gasteiger partial charge in [0, 0.05) is 35.7 Å². The van der Waals surface area contributed by atoms with Gasteiger partial charge in [-0.25, -0.2) is 0 Å². The molecule has 0 aromatic heterocycles. The highest BCUT2D eigenvalue weighted by Gasteiger charge is 2.42. The van der Waals surface area contributed by atoms with Crippen LogP contribution in [0.3, 0.4) is 0 Å². The zero-order valence-electron chi connectivity index (χ0n) is 33.6. The lowest BCUT2D eigenvalue weighted by Gasteiger charge is -2.26. The Morgan fingerprint density at radius 2 is 1.32 bits per heavy atom. The quantitative estimate of drug-likeness (QED) is 0.0950. The Hall–Kier alpha value is -6.38. The first kappa shape index (κ1) is 39.1. The Kier molecular flexibility index (Phi) is 9.99. The number of ether oxygens (including phenoxy) is 4. The summed E-state index contributed by atoms with van der Waals surface area (Å²) in [6.07, 6.45) is 0.241. The minimum absolute atomic E-state index is 0.0227. The van der Waals surface area contributed by atoms with E-state index in [0.29, 0.717) is 75.3 Å². The number of carbonyl (C=O) groups is 3. The van der Waals surface area contributed by atoms with Crippen molar-refractivity contribution in [3.05, 3.63) is 124 Å². The van der Waals surface area contributed by atoms with Crippen molar-refractivity contribution in [3.63, 3.8) is 0 Å². The van der Waals surface area contributed by atoms with Crippen molar-refractivity contribution in [2.75, 3.05) is 46.5 Å². The number of rotatable bonds is 10. The minimum Gasteiger partial charge on any atom is -0.493 e. The molecule has 4 heterocycles. The standard InChI is InChI=1S/C46H45N5O8S/c1-46(2,60)45(55)48-29-14-25(23-58-40-20-33-31(18-38(40)56-3)43(53)50-30(22-47-33)16-27-9-5-7-11-35(27)50)13-26(15-29)24-59-41-21-34-32(19-39(41)57-4)44(54)51-36-12-8-6-10-28(36)17-37(51)42(52)49-34/h5-15,18-21,30,37,42,47,49,52,60H,16-17,22-24H2,1-4H3,(H,48,55)/t30-,37-,42?/m0/s1. The molecule has 0 fully saturated rings. The molecular weight excluding hydrogens is 783 g/mol. The maximum atomic E-state index is 14.0. The van der Waals surface area contributed by atoms with Gasteiger partial charge in [0.25, 0.3) is 11.8 Å². The van der Waals surface area contributed by atoms with Crippen LogP contribution in [-0.4, -0.2) is 66.7 Å². The number of para-hydroxylation sites is 2. The van der Waals surface area contributed by atoms with Gasteiger partial charge in [-0.1, -0.05) is 36.4 Å². The number of nitrogens with zero attached hydrogens (tertiary/aromatic N) is 2. The molecule has 0 aliphatic carbocycles. The molecule has 5 aromatic carbocycles. The summed E-state index contributed by atoms with van der Waals surface area (Å²) in [4.78, 5) is 44.6. The number of benzene rings is 5. The fourth-order valence-corrected chi connectivity index (χ4v) is 8.52. The van der Waals surface area contributed by atoms with Crippen molar-refractivity contribution >= 4 is 58.8 Å². The summed E-state index contributed by atoms with van der Waals surface area (Å²) >= 11 is 4.46. The second-order valence-corrected chi connectivity index (χ2v) is 17.1. The highest BCUT2D eigenvalue weighted by Crippen LogP contribution is 2.43. The number of anilines is 5. The number of aliphatic hydroxyl groups is 1. The Morgan fingerprint density at radius 1 is 0.767 bits per heavy atom. The molecule has 9 rings (SSSR count). The van der Waals surface area contributed by atoms with Crippen LogP contribution < -0.4 is 44.7 Å².